The molecular weight excluding hydrogens is 187 g/mol. The number of hydrogen-bond donors (Lipinski definition) is 2. The largest absolute Gasteiger partial charge is 0.469 e. The molecule has 0 amide bonds. The van der Waals surface area contributed by atoms with E-state index in [1.54, 1.807) is 0 Å². The van der Waals surface area contributed by atoms with E-state index < -0.39 is 11.8 Å². The Morgan fingerprint density at radius 1 is 1.43 bits per heavy atom. The summed E-state index contributed by atoms with van der Waals surface area (Å²) in [7, 11) is 1.22. The van der Waals surface area contributed by atoms with E-state index in [1.807, 2.05) is 0 Å². The average molecular weight is 198 g/mol. The van der Waals surface area contributed by atoms with Gasteiger partial charge in [0.25, 0.3) is 0 Å². The molecule has 0 spiro atoms. The van der Waals surface area contributed by atoms with Crippen LogP contribution in [0.25, 0.3) is 0 Å². The van der Waals surface area contributed by atoms with Crippen LogP contribution in [0.2, 0.25) is 0 Å². The predicted octanol–water partition coefficient (Wildman–Crippen LogP) is 0.706. The highest BCUT2D eigenvalue weighted by atomic mass is 19.1. The number of anilines is 2. The summed E-state index contributed by atoms with van der Waals surface area (Å²) in [5.74, 6) is -1.21. The van der Waals surface area contributed by atoms with Gasteiger partial charge in [0, 0.05) is 11.3 Å². The van der Waals surface area contributed by atoms with Crippen LogP contribution in [0.5, 0.6) is 0 Å². The van der Waals surface area contributed by atoms with E-state index in [2.05, 4.69) is 4.74 Å². The molecule has 4 N–H and O–H groups in total. The van der Waals surface area contributed by atoms with Crippen molar-refractivity contribution in [2.45, 2.75) is 6.42 Å². The molecule has 14 heavy (non-hydrogen) atoms. The first-order chi connectivity index (χ1) is 6.56. The van der Waals surface area contributed by atoms with Gasteiger partial charge in [0.15, 0.2) is 5.82 Å². The fraction of sp³-hybridized carbons (Fsp3) is 0.222. The molecule has 1 rings (SSSR count). The van der Waals surface area contributed by atoms with E-state index >= 15 is 0 Å². The molecule has 76 valence electrons. The lowest BCUT2D eigenvalue weighted by molar-refractivity contribution is -0.139. The molecule has 0 saturated carbocycles. The lowest BCUT2D eigenvalue weighted by Gasteiger charge is -2.07. The van der Waals surface area contributed by atoms with Gasteiger partial charge in [-0.05, 0) is 12.1 Å². The Hall–Kier alpha value is -1.78. The number of carbonyl (C=O) groups excluding carboxylic acids is 1. The van der Waals surface area contributed by atoms with Crippen molar-refractivity contribution < 1.29 is 13.9 Å². The predicted molar refractivity (Wildman–Crippen MR) is 50.9 cm³/mol. The summed E-state index contributed by atoms with van der Waals surface area (Å²) in [6, 6.07) is 2.81. The zero-order chi connectivity index (χ0) is 10.7. The number of carbonyl (C=O) groups is 1. The number of halogens is 1. The lowest BCUT2D eigenvalue weighted by atomic mass is 10.1. The minimum absolute atomic E-state index is 0.0295. The molecule has 1 aromatic rings. The number of nitrogen functional groups attached to an aromatic ring is 2. The fourth-order valence-electron chi connectivity index (χ4n) is 1.05. The second-order valence-electron chi connectivity index (χ2n) is 2.79. The highest BCUT2D eigenvalue weighted by molar-refractivity contribution is 5.75. The summed E-state index contributed by atoms with van der Waals surface area (Å²) < 4.78 is 17.7. The van der Waals surface area contributed by atoms with Gasteiger partial charge in [-0.2, -0.15) is 0 Å². The van der Waals surface area contributed by atoms with Crippen LogP contribution >= 0.6 is 0 Å². The van der Waals surface area contributed by atoms with Crippen molar-refractivity contribution in [3.05, 3.63) is 23.5 Å². The third-order valence-corrected chi connectivity index (χ3v) is 1.86. The Morgan fingerprint density at radius 3 is 2.57 bits per heavy atom. The smallest absolute Gasteiger partial charge is 0.310 e. The van der Waals surface area contributed by atoms with Gasteiger partial charge in [0.2, 0.25) is 0 Å². The van der Waals surface area contributed by atoms with E-state index in [1.165, 1.54) is 19.2 Å². The molecule has 1 aromatic carbocycles. The minimum Gasteiger partial charge on any atom is -0.469 e. The Labute approximate surface area is 80.6 Å². The van der Waals surface area contributed by atoms with Crippen LogP contribution in [0.3, 0.4) is 0 Å². The molecule has 0 aliphatic rings. The first-order valence-corrected chi connectivity index (χ1v) is 3.95. The Kier molecular flexibility index (Phi) is 2.91. The second kappa shape index (κ2) is 3.95. The van der Waals surface area contributed by atoms with E-state index in [-0.39, 0.29) is 23.4 Å². The van der Waals surface area contributed by atoms with Crippen LogP contribution in [-0.4, -0.2) is 13.1 Å². The summed E-state index contributed by atoms with van der Waals surface area (Å²) in [5.41, 5.74) is 11.1. The van der Waals surface area contributed by atoms with E-state index in [9.17, 15) is 9.18 Å². The topological polar surface area (TPSA) is 78.3 Å². The normalized spacial score (nSPS) is 9.86. The number of benzene rings is 1. The third kappa shape index (κ3) is 1.93. The number of nitrogens with two attached hydrogens (primary N) is 2. The first kappa shape index (κ1) is 10.3. The van der Waals surface area contributed by atoms with Crippen LogP contribution in [0.4, 0.5) is 15.8 Å². The summed E-state index contributed by atoms with van der Waals surface area (Å²) in [6.07, 6.45) is -0.209. The van der Waals surface area contributed by atoms with Crippen molar-refractivity contribution in [1.29, 1.82) is 0 Å². The highest BCUT2D eigenvalue weighted by Gasteiger charge is 2.13. The molecule has 0 heterocycles. The lowest BCUT2D eigenvalue weighted by Crippen LogP contribution is -2.10. The van der Waals surface area contributed by atoms with Crippen LogP contribution in [0.15, 0.2) is 12.1 Å². The number of ether oxygens (including phenoxy) is 1. The van der Waals surface area contributed by atoms with Crippen molar-refractivity contribution in [2.24, 2.45) is 0 Å². The van der Waals surface area contributed by atoms with Gasteiger partial charge in [-0.1, -0.05) is 0 Å². The summed E-state index contributed by atoms with van der Waals surface area (Å²) >= 11 is 0. The molecular formula is C9H11FN2O2. The Balaban J connectivity index is 3.06. The monoisotopic (exact) mass is 198 g/mol. The maximum Gasteiger partial charge on any atom is 0.310 e. The molecule has 0 fully saturated rings. The number of hydrogen-bond acceptors (Lipinski definition) is 4. The second-order valence-corrected chi connectivity index (χ2v) is 2.79. The average Bonchev–Trinajstić information content (AvgIpc) is 2.18. The number of methoxy groups -OCH3 is 1. The zero-order valence-corrected chi connectivity index (χ0v) is 7.71. The summed E-state index contributed by atoms with van der Waals surface area (Å²) in [4.78, 5) is 10.9. The van der Waals surface area contributed by atoms with E-state index in [0.717, 1.165) is 0 Å². The zero-order valence-electron chi connectivity index (χ0n) is 7.71. The third-order valence-electron chi connectivity index (χ3n) is 1.86. The van der Waals surface area contributed by atoms with Crippen molar-refractivity contribution in [2.75, 3.05) is 18.6 Å². The van der Waals surface area contributed by atoms with Gasteiger partial charge >= 0.3 is 5.97 Å². The molecule has 0 aliphatic carbocycles. The van der Waals surface area contributed by atoms with Gasteiger partial charge in [0.1, 0.15) is 0 Å². The van der Waals surface area contributed by atoms with Crippen molar-refractivity contribution in [3.8, 4) is 0 Å². The van der Waals surface area contributed by atoms with Crippen LogP contribution in [0.1, 0.15) is 5.56 Å². The Bertz CT molecular complexity index is 366. The van der Waals surface area contributed by atoms with Crippen LogP contribution in [-0.2, 0) is 16.0 Å². The molecule has 0 bridgehead atoms. The van der Waals surface area contributed by atoms with Gasteiger partial charge in [-0.15, -0.1) is 0 Å². The van der Waals surface area contributed by atoms with Gasteiger partial charge in [-0.3, -0.25) is 4.79 Å². The number of rotatable bonds is 2. The molecule has 0 atom stereocenters. The molecule has 0 aromatic heterocycles. The highest BCUT2D eigenvalue weighted by Crippen LogP contribution is 2.22. The molecule has 4 nitrogen and oxygen atoms in total. The minimum atomic E-state index is -0.657. The quantitative estimate of drug-likeness (QED) is 0.541. The van der Waals surface area contributed by atoms with E-state index in [0.29, 0.717) is 0 Å². The summed E-state index contributed by atoms with van der Waals surface area (Å²) in [6.45, 7) is 0. The maximum absolute atomic E-state index is 13.3. The van der Waals surface area contributed by atoms with Gasteiger partial charge < -0.3 is 16.2 Å². The molecule has 0 unspecified atom stereocenters. The van der Waals surface area contributed by atoms with Gasteiger partial charge in [-0.25, -0.2) is 4.39 Å². The number of esters is 1. The SMILES string of the molecule is COC(=O)Cc1c(N)ccc(N)c1F. The molecule has 0 radical (unpaired) electrons. The molecule has 5 heteroatoms. The van der Waals surface area contributed by atoms with Gasteiger partial charge in [0.05, 0.1) is 19.2 Å². The Morgan fingerprint density at radius 2 is 2.00 bits per heavy atom. The summed E-state index contributed by atoms with van der Waals surface area (Å²) in [5, 5.41) is 0. The van der Waals surface area contributed by atoms with Crippen LogP contribution in [0, 0.1) is 5.82 Å². The van der Waals surface area contributed by atoms with Crippen molar-refractivity contribution in [3.63, 3.8) is 0 Å². The maximum atomic E-state index is 13.3. The van der Waals surface area contributed by atoms with E-state index in [4.69, 9.17) is 11.5 Å². The molecule has 0 saturated heterocycles. The standard InChI is InChI=1S/C9H11FN2O2/c1-14-8(13)4-5-6(11)2-3-7(12)9(5)10/h2-3H,4,11-12H2,1H3. The van der Waals surface area contributed by atoms with Crippen LogP contribution < -0.4 is 11.5 Å². The van der Waals surface area contributed by atoms with Crippen molar-refractivity contribution in [1.82, 2.24) is 0 Å². The molecule has 0 aliphatic heterocycles. The first-order valence-electron chi connectivity index (χ1n) is 3.95. The van der Waals surface area contributed by atoms with Crippen molar-refractivity contribution >= 4 is 17.3 Å². The fourth-order valence-corrected chi connectivity index (χ4v) is 1.05.